The van der Waals surface area contributed by atoms with Crippen LogP contribution < -0.4 is 5.32 Å². The number of hydrogen-bond acceptors (Lipinski definition) is 3. The second kappa shape index (κ2) is 6.46. The van der Waals surface area contributed by atoms with Crippen LogP contribution in [0, 0.1) is 5.92 Å². The molecular weight excluding hydrogens is 188 g/mol. The van der Waals surface area contributed by atoms with E-state index in [0.29, 0.717) is 12.0 Å². The highest BCUT2D eigenvalue weighted by Crippen LogP contribution is 2.11. The smallest absolute Gasteiger partial charge is 0.0623 e. The molecule has 92 valence electrons. The van der Waals surface area contributed by atoms with Gasteiger partial charge in [0.15, 0.2) is 0 Å². The van der Waals surface area contributed by atoms with Crippen molar-refractivity contribution in [3.8, 4) is 0 Å². The molecule has 0 amide bonds. The SMILES string of the molecule is CNC(C)(CO)CN(CC(C)C)C(C)C. The first-order valence-electron chi connectivity index (χ1n) is 5.88. The second-order valence-corrected chi connectivity index (χ2v) is 5.39. The topological polar surface area (TPSA) is 35.5 Å². The highest BCUT2D eigenvalue weighted by molar-refractivity contribution is 4.85. The molecule has 0 aliphatic heterocycles. The van der Waals surface area contributed by atoms with E-state index in [0.717, 1.165) is 13.1 Å². The largest absolute Gasteiger partial charge is 0.394 e. The zero-order chi connectivity index (χ0) is 12.1. The van der Waals surface area contributed by atoms with E-state index < -0.39 is 0 Å². The maximum absolute atomic E-state index is 9.36. The summed E-state index contributed by atoms with van der Waals surface area (Å²) in [6, 6.07) is 0.520. The average Bonchev–Trinajstić information content (AvgIpc) is 2.16. The Labute approximate surface area is 94.9 Å². The van der Waals surface area contributed by atoms with Crippen LogP contribution >= 0.6 is 0 Å². The van der Waals surface area contributed by atoms with Gasteiger partial charge in [-0.3, -0.25) is 4.90 Å². The van der Waals surface area contributed by atoms with Gasteiger partial charge in [0, 0.05) is 19.1 Å². The van der Waals surface area contributed by atoms with Crippen molar-refractivity contribution in [3.05, 3.63) is 0 Å². The van der Waals surface area contributed by atoms with Crippen molar-refractivity contribution in [2.75, 3.05) is 26.7 Å². The van der Waals surface area contributed by atoms with Crippen molar-refractivity contribution in [2.45, 2.75) is 46.2 Å². The number of rotatable bonds is 7. The van der Waals surface area contributed by atoms with Gasteiger partial charge in [0.1, 0.15) is 0 Å². The minimum absolute atomic E-state index is 0.171. The van der Waals surface area contributed by atoms with E-state index in [9.17, 15) is 5.11 Å². The van der Waals surface area contributed by atoms with Gasteiger partial charge in [-0.1, -0.05) is 13.8 Å². The number of nitrogens with one attached hydrogen (secondary N) is 1. The van der Waals surface area contributed by atoms with Crippen molar-refractivity contribution >= 4 is 0 Å². The van der Waals surface area contributed by atoms with Crippen molar-refractivity contribution in [1.82, 2.24) is 10.2 Å². The number of hydrogen-bond donors (Lipinski definition) is 2. The molecule has 0 aromatic heterocycles. The fraction of sp³-hybridized carbons (Fsp3) is 1.00. The molecule has 0 fully saturated rings. The van der Waals surface area contributed by atoms with Crippen LogP contribution in [0.2, 0.25) is 0 Å². The summed E-state index contributed by atoms with van der Waals surface area (Å²) in [7, 11) is 1.91. The van der Waals surface area contributed by atoms with Crippen LogP contribution in [0.25, 0.3) is 0 Å². The number of aliphatic hydroxyl groups excluding tert-OH is 1. The molecule has 1 unspecified atom stereocenters. The van der Waals surface area contributed by atoms with Crippen molar-refractivity contribution < 1.29 is 5.11 Å². The Morgan fingerprint density at radius 3 is 2.07 bits per heavy atom. The zero-order valence-electron chi connectivity index (χ0n) is 11.2. The highest BCUT2D eigenvalue weighted by atomic mass is 16.3. The first kappa shape index (κ1) is 14.9. The van der Waals surface area contributed by atoms with Gasteiger partial charge in [-0.15, -0.1) is 0 Å². The molecule has 15 heavy (non-hydrogen) atoms. The summed E-state index contributed by atoms with van der Waals surface area (Å²) < 4.78 is 0. The quantitative estimate of drug-likeness (QED) is 0.674. The van der Waals surface area contributed by atoms with E-state index in [4.69, 9.17) is 0 Å². The lowest BCUT2D eigenvalue weighted by Crippen LogP contribution is -2.54. The summed E-state index contributed by atoms with van der Waals surface area (Å²) in [6.07, 6.45) is 0. The van der Waals surface area contributed by atoms with Crippen LogP contribution in [-0.2, 0) is 0 Å². The van der Waals surface area contributed by atoms with E-state index in [-0.39, 0.29) is 12.1 Å². The third-order valence-electron chi connectivity index (χ3n) is 2.83. The van der Waals surface area contributed by atoms with Gasteiger partial charge in [-0.2, -0.15) is 0 Å². The van der Waals surface area contributed by atoms with Crippen LogP contribution in [0.5, 0.6) is 0 Å². The van der Waals surface area contributed by atoms with Crippen molar-refractivity contribution in [2.24, 2.45) is 5.92 Å². The summed E-state index contributed by atoms with van der Waals surface area (Å²) in [5.74, 6) is 0.659. The van der Waals surface area contributed by atoms with Crippen LogP contribution in [0.4, 0.5) is 0 Å². The maximum Gasteiger partial charge on any atom is 0.0623 e. The molecule has 0 radical (unpaired) electrons. The summed E-state index contributed by atoms with van der Waals surface area (Å²) in [4.78, 5) is 2.41. The Morgan fingerprint density at radius 2 is 1.80 bits per heavy atom. The Bertz CT molecular complexity index is 165. The molecule has 0 saturated carbocycles. The van der Waals surface area contributed by atoms with Crippen LogP contribution in [0.3, 0.4) is 0 Å². The molecule has 0 aromatic rings. The van der Waals surface area contributed by atoms with E-state index >= 15 is 0 Å². The third kappa shape index (κ3) is 5.50. The van der Waals surface area contributed by atoms with Gasteiger partial charge in [0.05, 0.1) is 12.1 Å². The summed E-state index contributed by atoms with van der Waals surface area (Å²) in [5, 5.41) is 12.6. The minimum atomic E-state index is -0.195. The van der Waals surface area contributed by atoms with Gasteiger partial charge >= 0.3 is 0 Å². The normalized spacial score (nSPS) is 16.4. The summed E-state index contributed by atoms with van der Waals surface area (Å²) in [6.45, 7) is 13.1. The van der Waals surface area contributed by atoms with E-state index in [2.05, 4.69) is 44.8 Å². The molecule has 3 nitrogen and oxygen atoms in total. The van der Waals surface area contributed by atoms with Gasteiger partial charge in [-0.25, -0.2) is 0 Å². The van der Waals surface area contributed by atoms with Crippen LogP contribution in [-0.4, -0.2) is 48.3 Å². The molecule has 0 aromatic carbocycles. The van der Waals surface area contributed by atoms with Crippen LogP contribution in [0.1, 0.15) is 34.6 Å². The van der Waals surface area contributed by atoms with Gasteiger partial charge in [0.2, 0.25) is 0 Å². The molecule has 0 aliphatic rings. The Kier molecular flexibility index (Phi) is 6.41. The van der Waals surface area contributed by atoms with Crippen molar-refractivity contribution in [3.63, 3.8) is 0 Å². The molecular formula is C12H28N2O. The Morgan fingerprint density at radius 1 is 1.27 bits per heavy atom. The minimum Gasteiger partial charge on any atom is -0.394 e. The molecule has 0 heterocycles. The maximum atomic E-state index is 9.36. The number of aliphatic hydroxyl groups is 1. The molecule has 0 rings (SSSR count). The second-order valence-electron chi connectivity index (χ2n) is 5.39. The first-order valence-corrected chi connectivity index (χ1v) is 5.88. The standard InChI is InChI=1S/C12H28N2O/c1-10(2)7-14(11(3)4)8-12(5,9-15)13-6/h10-11,13,15H,7-9H2,1-6H3. The molecule has 0 aliphatic carbocycles. The predicted molar refractivity (Wildman–Crippen MR) is 66.1 cm³/mol. The Hall–Kier alpha value is -0.120. The van der Waals surface area contributed by atoms with Gasteiger partial charge < -0.3 is 10.4 Å². The summed E-state index contributed by atoms with van der Waals surface area (Å²) >= 11 is 0. The molecule has 3 heteroatoms. The van der Waals surface area contributed by atoms with Crippen LogP contribution in [0.15, 0.2) is 0 Å². The lowest BCUT2D eigenvalue weighted by atomic mass is 10.0. The fourth-order valence-electron chi connectivity index (χ4n) is 1.58. The van der Waals surface area contributed by atoms with E-state index in [1.807, 2.05) is 7.05 Å². The monoisotopic (exact) mass is 216 g/mol. The molecule has 2 N–H and O–H groups in total. The third-order valence-corrected chi connectivity index (χ3v) is 2.83. The molecule has 0 bridgehead atoms. The number of nitrogens with zero attached hydrogens (tertiary/aromatic N) is 1. The predicted octanol–water partition coefficient (Wildman–Crippen LogP) is 1.32. The van der Waals surface area contributed by atoms with E-state index in [1.54, 1.807) is 0 Å². The lowest BCUT2D eigenvalue weighted by Gasteiger charge is -2.37. The molecule has 1 atom stereocenters. The summed E-state index contributed by atoms with van der Waals surface area (Å²) in [5.41, 5.74) is -0.195. The Balaban J connectivity index is 4.38. The zero-order valence-corrected chi connectivity index (χ0v) is 11.2. The van der Waals surface area contributed by atoms with Crippen molar-refractivity contribution in [1.29, 1.82) is 0 Å². The fourth-order valence-corrected chi connectivity index (χ4v) is 1.58. The molecule has 0 spiro atoms. The average molecular weight is 216 g/mol. The van der Waals surface area contributed by atoms with E-state index in [1.165, 1.54) is 0 Å². The van der Waals surface area contributed by atoms with Gasteiger partial charge in [0.25, 0.3) is 0 Å². The highest BCUT2D eigenvalue weighted by Gasteiger charge is 2.25. The van der Waals surface area contributed by atoms with Gasteiger partial charge in [-0.05, 0) is 33.7 Å². The number of likely N-dealkylation sites (N-methyl/N-ethyl adjacent to an activating group) is 1. The molecule has 0 saturated heterocycles. The lowest BCUT2D eigenvalue weighted by molar-refractivity contribution is 0.1000. The first-order chi connectivity index (χ1) is 6.84.